The Labute approximate surface area is 126 Å². The topological polar surface area (TPSA) is 82.2 Å². The summed E-state index contributed by atoms with van der Waals surface area (Å²) >= 11 is 3.44. The van der Waals surface area contributed by atoms with Crippen molar-refractivity contribution in [1.29, 1.82) is 0 Å². The molecule has 3 N–H and O–H groups in total. The molecule has 0 unspecified atom stereocenters. The summed E-state index contributed by atoms with van der Waals surface area (Å²) in [5, 5.41) is 8.96. The van der Waals surface area contributed by atoms with E-state index in [2.05, 4.69) is 25.6 Å². The number of aromatic nitrogens is 1. The smallest absolute Gasteiger partial charge is 0.263 e. The van der Waals surface area contributed by atoms with Crippen LogP contribution in [-0.4, -0.2) is 18.5 Å². The number of aryl methyl sites for hydroxylation is 2. The Bertz CT molecular complexity index is 715. The number of H-pyrrole nitrogens is 1. The van der Waals surface area contributed by atoms with Crippen LogP contribution in [0.1, 0.15) is 16.8 Å². The van der Waals surface area contributed by atoms with Crippen molar-refractivity contribution >= 4 is 31.6 Å². The van der Waals surface area contributed by atoms with Crippen molar-refractivity contribution in [2.24, 2.45) is 0 Å². The van der Waals surface area contributed by atoms with E-state index in [1.165, 1.54) is 12.3 Å². The van der Waals surface area contributed by atoms with E-state index in [1.807, 2.05) is 13.8 Å². The third-order valence-corrected chi connectivity index (χ3v) is 5.50. The molecular weight excluding hydrogens is 344 g/mol. The lowest BCUT2D eigenvalue weighted by Crippen LogP contribution is -2.12. The second-order valence-corrected chi connectivity index (χ2v) is 7.02. The van der Waals surface area contributed by atoms with Gasteiger partial charge in [0.05, 0.1) is 6.61 Å². The van der Waals surface area contributed by atoms with Crippen LogP contribution < -0.4 is 4.72 Å². The lowest BCUT2D eigenvalue weighted by molar-refractivity contribution is 0.277. The van der Waals surface area contributed by atoms with Crippen LogP contribution in [0.5, 0.6) is 0 Å². The quantitative estimate of drug-likeness (QED) is 0.785. The summed E-state index contributed by atoms with van der Waals surface area (Å²) in [6.45, 7) is 3.57. The number of hydrogen-bond donors (Lipinski definition) is 3. The standard InChI is InChI=1S/C13H15BrN2O3S/c1-8-3-10(4-9(2)13(8)14)16-20(18,19)12-5-11(7-17)15-6-12/h3-6,15-17H,7H2,1-2H3. The van der Waals surface area contributed by atoms with E-state index in [1.54, 1.807) is 12.1 Å². The molecule has 0 radical (unpaired) electrons. The molecule has 5 nitrogen and oxygen atoms in total. The SMILES string of the molecule is Cc1cc(NS(=O)(=O)c2c[nH]c(CO)c2)cc(C)c1Br. The second-order valence-electron chi connectivity index (χ2n) is 4.55. The second kappa shape index (κ2) is 5.59. The van der Waals surface area contributed by atoms with Crippen LogP contribution in [0.3, 0.4) is 0 Å². The van der Waals surface area contributed by atoms with Gasteiger partial charge in [-0.05, 0) is 43.2 Å². The fraction of sp³-hybridized carbons (Fsp3) is 0.231. The molecule has 0 fully saturated rings. The highest BCUT2D eigenvalue weighted by molar-refractivity contribution is 9.10. The van der Waals surface area contributed by atoms with Crippen molar-refractivity contribution in [3.63, 3.8) is 0 Å². The summed E-state index contributed by atoms with van der Waals surface area (Å²) in [5.41, 5.74) is 2.86. The molecule has 1 aromatic carbocycles. The molecule has 2 rings (SSSR count). The Balaban J connectivity index is 2.33. The zero-order chi connectivity index (χ0) is 14.9. The number of anilines is 1. The minimum absolute atomic E-state index is 0.0970. The zero-order valence-electron chi connectivity index (χ0n) is 11.1. The Morgan fingerprint density at radius 3 is 2.35 bits per heavy atom. The van der Waals surface area contributed by atoms with Gasteiger partial charge in [0.15, 0.2) is 0 Å². The number of aliphatic hydroxyl groups is 1. The molecule has 0 atom stereocenters. The van der Waals surface area contributed by atoms with Crippen LogP contribution in [0.25, 0.3) is 0 Å². The van der Waals surface area contributed by atoms with Gasteiger partial charge in [-0.1, -0.05) is 15.9 Å². The number of benzene rings is 1. The molecule has 0 saturated heterocycles. The van der Waals surface area contributed by atoms with Gasteiger partial charge in [-0.3, -0.25) is 4.72 Å². The van der Waals surface area contributed by atoms with E-state index >= 15 is 0 Å². The molecule has 0 aliphatic rings. The number of sulfonamides is 1. The minimum atomic E-state index is -3.66. The molecule has 108 valence electrons. The Hall–Kier alpha value is -1.31. The zero-order valence-corrected chi connectivity index (χ0v) is 13.5. The summed E-state index contributed by atoms with van der Waals surface area (Å²) in [6.07, 6.45) is 1.35. The van der Waals surface area contributed by atoms with E-state index in [0.29, 0.717) is 11.4 Å². The van der Waals surface area contributed by atoms with Gasteiger partial charge < -0.3 is 10.1 Å². The number of aromatic amines is 1. The van der Waals surface area contributed by atoms with Crippen LogP contribution in [0.15, 0.2) is 33.8 Å². The molecule has 0 saturated carbocycles. The first-order valence-electron chi connectivity index (χ1n) is 5.91. The fourth-order valence-corrected chi connectivity index (χ4v) is 3.17. The Morgan fingerprint density at radius 1 is 1.25 bits per heavy atom. The molecule has 0 aliphatic carbocycles. The van der Waals surface area contributed by atoms with E-state index < -0.39 is 10.0 Å². The van der Waals surface area contributed by atoms with Crippen molar-refractivity contribution < 1.29 is 13.5 Å². The van der Waals surface area contributed by atoms with Crippen molar-refractivity contribution in [3.05, 3.63) is 45.7 Å². The minimum Gasteiger partial charge on any atom is -0.390 e. The van der Waals surface area contributed by atoms with E-state index in [-0.39, 0.29) is 11.5 Å². The van der Waals surface area contributed by atoms with Crippen LogP contribution in [0.2, 0.25) is 0 Å². The van der Waals surface area contributed by atoms with Gasteiger partial charge >= 0.3 is 0 Å². The molecule has 7 heteroatoms. The van der Waals surface area contributed by atoms with E-state index in [4.69, 9.17) is 5.11 Å². The predicted molar refractivity (Wildman–Crippen MR) is 81.1 cm³/mol. The van der Waals surface area contributed by atoms with Crippen molar-refractivity contribution in [2.45, 2.75) is 25.3 Å². The van der Waals surface area contributed by atoms with Crippen molar-refractivity contribution in [1.82, 2.24) is 4.98 Å². The average molecular weight is 359 g/mol. The van der Waals surface area contributed by atoms with Gasteiger partial charge in [-0.25, -0.2) is 8.42 Å². The van der Waals surface area contributed by atoms with Crippen LogP contribution in [-0.2, 0) is 16.6 Å². The van der Waals surface area contributed by atoms with Gasteiger partial charge in [0, 0.05) is 22.1 Å². The predicted octanol–water partition coefficient (Wildman–Crippen LogP) is 2.69. The molecule has 1 heterocycles. The molecular formula is C13H15BrN2O3S. The summed E-state index contributed by atoms with van der Waals surface area (Å²) < 4.78 is 27.9. The first-order chi connectivity index (χ1) is 9.33. The first kappa shape index (κ1) is 15.1. The summed E-state index contributed by atoms with van der Waals surface area (Å²) in [7, 11) is -3.66. The monoisotopic (exact) mass is 358 g/mol. The fourth-order valence-electron chi connectivity index (χ4n) is 1.88. The summed E-state index contributed by atoms with van der Waals surface area (Å²) in [5.74, 6) is 0. The Kier molecular flexibility index (Phi) is 4.22. The van der Waals surface area contributed by atoms with Gasteiger partial charge in [-0.15, -0.1) is 0 Å². The molecule has 0 amide bonds. The molecule has 1 aromatic heterocycles. The van der Waals surface area contributed by atoms with Gasteiger partial charge in [0.1, 0.15) is 4.90 Å². The summed E-state index contributed by atoms with van der Waals surface area (Å²) in [6, 6.07) is 4.92. The van der Waals surface area contributed by atoms with Gasteiger partial charge in [-0.2, -0.15) is 0 Å². The van der Waals surface area contributed by atoms with Gasteiger partial charge in [0.25, 0.3) is 10.0 Å². The number of hydrogen-bond acceptors (Lipinski definition) is 3. The lowest BCUT2D eigenvalue weighted by Gasteiger charge is -2.10. The average Bonchev–Trinajstić information content (AvgIpc) is 2.85. The normalized spacial score (nSPS) is 11.6. The molecule has 0 spiro atoms. The molecule has 20 heavy (non-hydrogen) atoms. The molecule has 0 bridgehead atoms. The summed E-state index contributed by atoms with van der Waals surface area (Å²) in [4.78, 5) is 2.80. The molecule has 2 aromatic rings. The number of rotatable bonds is 4. The Morgan fingerprint density at radius 2 is 1.85 bits per heavy atom. The highest BCUT2D eigenvalue weighted by Crippen LogP contribution is 2.26. The lowest BCUT2D eigenvalue weighted by atomic mass is 10.1. The number of halogens is 1. The number of nitrogens with one attached hydrogen (secondary N) is 2. The third kappa shape index (κ3) is 3.05. The van der Waals surface area contributed by atoms with E-state index in [9.17, 15) is 8.42 Å². The molecule has 0 aliphatic heterocycles. The maximum Gasteiger partial charge on any atom is 0.263 e. The van der Waals surface area contributed by atoms with Crippen LogP contribution >= 0.6 is 15.9 Å². The third-order valence-electron chi connectivity index (χ3n) is 2.89. The van der Waals surface area contributed by atoms with E-state index in [0.717, 1.165) is 15.6 Å². The van der Waals surface area contributed by atoms with Crippen molar-refractivity contribution in [2.75, 3.05) is 4.72 Å². The largest absolute Gasteiger partial charge is 0.390 e. The maximum atomic E-state index is 12.2. The van der Waals surface area contributed by atoms with Crippen LogP contribution in [0.4, 0.5) is 5.69 Å². The highest BCUT2D eigenvalue weighted by Gasteiger charge is 2.16. The van der Waals surface area contributed by atoms with Crippen molar-refractivity contribution in [3.8, 4) is 0 Å². The first-order valence-corrected chi connectivity index (χ1v) is 8.19. The number of aliphatic hydroxyl groups excluding tert-OH is 1. The maximum absolute atomic E-state index is 12.2. The van der Waals surface area contributed by atoms with Gasteiger partial charge in [0.2, 0.25) is 0 Å². The highest BCUT2D eigenvalue weighted by atomic mass is 79.9. The van der Waals surface area contributed by atoms with Crippen LogP contribution in [0, 0.1) is 13.8 Å².